The molecule has 10 heteroatoms. The summed E-state index contributed by atoms with van der Waals surface area (Å²) in [6, 6.07) is -0.358. The standard InChI is InChI=1S/C19H28N6O4/c1-11(17(26)27)12(2)25-10-22-14-15(20-9-21-16(14)25)24-7-6-13(8-24)23-18(28)29-19(3,4)5/h9-13H,6-8H2,1-5H3,(H,23,28)(H,26,27). The van der Waals surface area contributed by atoms with Gasteiger partial charge in [0.1, 0.15) is 11.9 Å². The molecule has 0 saturated carbocycles. The van der Waals surface area contributed by atoms with Gasteiger partial charge in [0.25, 0.3) is 0 Å². The zero-order valence-electron chi connectivity index (χ0n) is 17.4. The largest absolute Gasteiger partial charge is 0.481 e. The number of hydrogen-bond acceptors (Lipinski definition) is 7. The van der Waals surface area contributed by atoms with Crippen LogP contribution < -0.4 is 10.2 Å². The minimum absolute atomic E-state index is 0.0529. The number of carbonyl (C=O) groups excluding carboxylic acids is 1. The second-order valence-corrected chi connectivity index (χ2v) is 8.47. The highest BCUT2D eigenvalue weighted by Crippen LogP contribution is 2.28. The van der Waals surface area contributed by atoms with E-state index in [1.165, 1.54) is 6.33 Å². The molecule has 3 atom stereocenters. The summed E-state index contributed by atoms with van der Waals surface area (Å²) in [5.74, 6) is -0.776. The number of imidazole rings is 1. The number of ether oxygens (including phenoxy) is 1. The quantitative estimate of drug-likeness (QED) is 0.778. The Bertz CT molecular complexity index is 906. The van der Waals surface area contributed by atoms with Gasteiger partial charge in [-0.05, 0) is 41.0 Å². The summed E-state index contributed by atoms with van der Waals surface area (Å²) in [6.45, 7) is 10.3. The van der Waals surface area contributed by atoms with E-state index < -0.39 is 23.6 Å². The maximum absolute atomic E-state index is 12.0. The zero-order valence-corrected chi connectivity index (χ0v) is 17.4. The third-order valence-corrected chi connectivity index (χ3v) is 5.10. The van der Waals surface area contributed by atoms with Gasteiger partial charge in [-0.2, -0.15) is 0 Å². The highest BCUT2D eigenvalue weighted by atomic mass is 16.6. The molecule has 0 aliphatic carbocycles. The van der Waals surface area contributed by atoms with Gasteiger partial charge in [-0.15, -0.1) is 0 Å². The van der Waals surface area contributed by atoms with E-state index in [4.69, 9.17) is 4.74 Å². The minimum atomic E-state index is -0.871. The highest BCUT2D eigenvalue weighted by molar-refractivity contribution is 5.84. The number of nitrogens with one attached hydrogen (secondary N) is 1. The number of fused-ring (bicyclic) bond motifs is 1. The number of aromatic nitrogens is 4. The molecule has 0 spiro atoms. The molecule has 2 aromatic heterocycles. The number of hydrogen-bond donors (Lipinski definition) is 2. The van der Waals surface area contributed by atoms with E-state index >= 15 is 0 Å². The van der Waals surface area contributed by atoms with Crippen molar-refractivity contribution in [1.29, 1.82) is 0 Å². The molecule has 10 nitrogen and oxygen atoms in total. The minimum Gasteiger partial charge on any atom is -0.481 e. The molecule has 1 aliphatic rings. The third kappa shape index (κ3) is 4.57. The number of anilines is 1. The topological polar surface area (TPSA) is 122 Å². The van der Waals surface area contributed by atoms with Gasteiger partial charge < -0.3 is 24.6 Å². The van der Waals surface area contributed by atoms with E-state index in [1.54, 1.807) is 17.8 Å². The normalized spacial score (nSPS) is 19.2. The maximum atomic E-state index is 12.0. The fourth-order valence-electron chi connectivity index (χ4n) is 3.36. The van der Waals surface area contributed by atoms with Gasteiger partial charge in [-0.1, -0.05) is 0 Å². The number of carbonyl (C=O) groups is 2. The van der Waals surface area contributed by atoms with Crippen molar-refractivity contribution in [1.82, 2.24) is 24.8 Å². The summed E-state index contributed by atoms with van der Waals surface area (Å²) in [7, 11) is 0. The summed E-state index contributed by atoms with van der Waals surface area (Å²) in [4.78, 5) is 38.6. The van der Waals surface area contributed by atoms with Gasteiger partial charge in [0.2, 0.25) is 0 Å². The molecular formula is C19H28N6O4. The number of aliphatic carboxylic acids is 1. The molecule has 3 unspecified atom stereocenters. The Kier molecular flexibility index (Phi) is 5.63. The Morgan fingerprint density at radius 2 is 2.00 bits per heavy atom. The van der Waals surface area contributed by atoms with Crippen molar-refractivity contribution in [3.8, 4) is 0 Å². The number of carboxylic acids is 1. The first-order chi connectivity index (χ1) is 13.6. The van der Waals surface area contributed by atoms with E-state index in [-0.39, 0.29) is 12.1 Å². The van der Waals surface area contributed by atoms with Crippen LogP contribution in [-0.2, 0) is 9.53 Å². The molecule has 29 heavy (non-hydrogen) atoms. The molecule has 2 N–H and O–H groups in total. The van der Waals surface area contributed by atoms with Crippen LogP contribution in [0.5, 0.6) is 0 Å². The Balaban J connectivity index is 1.76. The van der Waals surface area contributed by atoms with Gasteiger partial charge in [0.05, 0.1) is 18.3 Å². The van der Waals surface area contributed by atoms with Crippen molar-refractivity contribution in [2.45, 2.75) is 58.7 Å². The van der Waals surface area contributed by atoms with Gasteiger partial charge in [0, 0.05) is 19.1 Å². The predicted octanol–water partition coefficient (Wildman–Crippen LogP) is 2.21. The lowest BCUT2D eigenvalue weighted by atomic mass is 10.0. The highest BCUT2D eigenvalue weighted by Gasteiger charge is 2.29. The van der Waals surface area contributed by atoms with Crippen LogP contribution in [0.3, 0.4) is 0 Å². The second kappa shape index (κ2) is 7.84. The molecule has 3 heterocycles. The first-order valence-electron chi connectivity index (χ1n) is 9.71. The fourth-order valence-corrected chi connectivity index (χ4v) is 3.36. The molecule has 0 bridgehead atoms. The van der Waals surface area contributed by atoms with Crippen molar-refractivity contribution in [2.24, 2.45) is 5.92 Å². The van der Waals surface area contributed by atoms with Crippen molar-refractivity contribution in [3.63, 3.8) is 0 Å². The molecule has 0 aromatic carbocycles. The second-order valence-electron chi connectivity index (χ2n) is 8.47. The Hall–Kier alpha value is -2.91. The van der Waals surface area contributed by atoms with Gasteiger partial charge in [-0.3, -0.25) is 4.79 Å². The summed E-state index contributed by atoms with van der Waals surface area (Å²) in [5, 5.41) is 12.2. The molecule has 158 valence electrons. The van der Waals surface area contributed by atoms with E-state index in [1.807, 2.05) is 27.7 Å². The zero-order chi connectivity index (χ0) is 21.3. The van der Waals surface area contributed by atoms with E-state index in [9.17, 15) is 14.7 Å². The van der Waals surface area contributed by atoms with Gasteiger partial charge in [-0.25, -0.2) is 19.7 Å². The molecule has 1 amide bonds. The summed E-state index contributed by atoms with van der Waals surface area (Å²) in [5.41, 5.74) is 0.673. The summed E-state index contributed by atoms with van der Waals surface area (Å²) >= 11 is 0. The van der Waals surface area contributed by atoms with Gasteiger partial charge >= 0.3 is 12.1 Å². The van der Waals surface area contributed by atoms with E-state index in [0.29, 0.717) is 30.1 Å². The molecule has 0 radical (unpaired) electrons. The average Bonchev–Trinajstić information content (AvgIpc) is 3.25. The number of rotatable bonds is 5. The van der Waals surface area contributed by atoms with Crippen LogP contribution in [0.4, 0.5) is 10.6 Å². The third-order valence-electron chi connectivity index (χ3n) is 5.10. The van der Waals surface area contributed by atoms with Crippen molar-refractivity contribution in [3.05, 3.63) is 12.7 Å². The van der Waals surface area contributed by atoms with Crippen molar-refractivity contribution < 1.29 is 19.4 Å². The number of nitrogens with zero attached hydrogens (tertiary/aromatic N) is 5. The van der Waals surface area contributed by atoms with Crippen molar-refractivity contribution >= 4 is 29.0 Å². The lowest BCUT2D eigenvalue weighted by molar-refractivity contribution is -0.142. The smallest absolute Gasteiger partial charge is 0.407 e. The monoisotopic (exact) mass is 404 g/mol. The number of alkyl carbamates (subject to hydrolysis) is 1. The first-order valence-corrected chi connectivity index (χ1v) is 9.71. The lowest BCUT2D eigenvalue weighted by Gasteiger charge is -2.22. The molecule has 1 fully saturated rings. The molecule has 2 aromatic rings. The SMILES string of the molecule is CC(C(=O)O)C(C)n1cnc2c(N3CCC(NC(=O)OC(C)(C)C)C3)ncnc21. The average molecular weight is 404 g/mol. The van der Waals surface area contributed by atoms with Crippen LogP contribution in [0.1, 0.15) is 47.1 Å². The van der Waals surface area contributed by atoms with Crippen LogP contribution in [-0.4, -0.2) is 61.4 Å². The van der Waals surface area contributed by atoms with E-state index in [0.717, 1.165) is 6.42 Å². The number of amides is 1. The first kappa shape index (κ1) is 20.8. The fraction of sp³-hybridized carbons (Fsp3) is 0.632. The molecule has 1 saturated heterocycles. The molecule has 3 rings (SSSR count). The Morgan fingerprint density at radius 1 is 1.28 bits per heavy atom. The van der Waals surface area contributed by atoms with Crippen LogP contribution >= 0.6 is 0 Å². The van der Waals surface area contributed by atoms with Crippen LogP contribution in [0.2, 0.25) is 0 Å². The summed E-state index contributed by atoms with van der Waals surface area (Å²) < 4.78 is 7.09. The van der Waals surface area contributed by atoms with Crippen molar-refractivity contribution in [2.75, 3.05) is 18.0 Å². The van der Waals surface area contributed by atoms with Crippen LogP contribution in [0, 0.1) is 5.92 Å². The maximum Gasteiger partial charge on any atom is 0.407 e. The number of carboxylic acid groups (broad SMARTS) is 1. The van der Waals surface area contributed by atoms with E-state index in [2.05, 4.69) is 25.2 Å². The summed E-state index contributed by atoms with van der Waals surface area (Å²) in [6.07, 6.45) is 3.40. The predicted molar refractivity (Wildman–Crippen MR) is 107 cm³/mol. The van der Waals surface area contributed by atoms with Crippen LogP contribution in [0.25, 0.3) is 11.2 Å². The van der Waals surface area contributed by atoms with Crippen LogP contribution in [0.15, 0.2) is 12.7 Å². The Labute approximate surface area is 169 Å². The molecular weight excluding hydrogens is 376 g/mol. The van der Waals surface area contributed by atoms with Gasteiger partial charge in [0.15, 0.2) is 17.0 Å². The molecule has 1 aliphatic heterocycles. The lowest BCUT2D eigenvalue weighted by Crippen LogP contribution is -2.40. The Morgan fingerprint density at radius 3 is 2.66 bits per heavy atom.